The summed E-state index contributed by atoms with van der Waals surface area (Å²) in [6.45, 7) is 9.08. The third kappa shape index (κ3) is 5.46. The van der Waals surface area contributed by atoms with E-state index in [2.05, 4.69) is 10.2 Å². The number of amides is 2. The molecule has 25 heavy (non-hydrogen) atoms. The van der Waals surface area contributed by atoms with E-state index in [0.717, 1.165) is 19.5 Å². The van der Waals surface area contributed by atoms with E-state index in [9.17, 15) is 9.59 Å². The van der Waals surface area contributed by atoms with E-state index < -0.39 is 0 Å². The molecule has 0 unspecified atom stereocenters. The number of nitrogens with one attached hydrogen (secondary N) is 1. The highest BCUT2D eigenvalue weighted by Gasteiger charge is 2.28. The molecular formula is C19H29N3O3. The number of methoxy groups -OCH3 is 1. The lowest BCUT2D eigenvalue weighted by Gasteiger charge is -2.28. The van der Waals surface area contributed by atoms with Gasteiger partial charge in [-0.05, 0) is 18.6 Å². The Morgan fingerprint density at radius 3 is 2.52 bits per heavy atom. The first-order valence-corrected chi connectivity index (χ1v) is 8.76. The minimum Gasteiger partial charge on any atom is -0.495 e. The molecule has 0 atom stereocenters. The van der Waals surface area contributed by atoms with E-state index in [1.54, 1.807) is 7.11 Å². The fourth-order valence-corrected chi connectivity index (χ4v) is 2.95. The number of hydrogen-bond acceptors (Lipinski definition) is 4. The molecule has 1 N–H and O–H groups in total. The van der Waals surface area contributed by atoms with Gasteiger partial charge in [-0.1, -0.05) is 32.9 Å². The van der Waals surface area contributed by atoms with Crippen LogP contribution >= 0.6 is 0 Å². The Bertz CT molecular complexity index is 610. The van der Waals surface area contributed by atoms with Gasteiger partial charge in [0.15, 0.2) is 0 Å². The number of hydrogen-bond donors (Lipinski definition) is 1. The van der Waals surface area contributed by atoms with Crippen LogP contribution in [0.5, 0.6) is 5.75 Å². The van der Waals surface area contributed by atoms with Gasteiger partial charge in [0.1, 0.15) is 5.75 Å². The second-order valence-corrected chi connectivity index (χ2v) is 7.42. The molecule has 0 aromatic heterocycles. The van der Waals surface area contributed by atoms with Gasteiger partial charge in [-0.2, -0.15) is 0 Å². The fourth-order valence-electron chi connectivity index (χ4n) is 2.95. The number of para-hydroxylation sites is 2. The third-order valence-corrected chi connectivity index (χ3v) is 4.27. The lowest BCUT2D eigenvalue weighted by molar-refractivity contribution is -0.139. The van der Waals surface area contributed by atoms with Gasteiger partial charge >= 0.3 is 0 Å². The zero-order valence-corrected chi connectivity index (χ0v) is 15.7. The Hall–Kier alpha value is -2.08. The Labute approximate surface area is 150 Å². The largest absolute Gasteiger partial charge is 0.495 e. The molecule has 1 saturated heterocycles. The molecule has 0 aliphatic carbocycles. The first-order valence-electron chi connectivity index (χ1n) is 8.76. The van der Waals surface area contributed by atoms with Gasteiger partial charge in [0.2, 0.25) is 11.8 Å². The molecule has 1 aromatic carbocycles. The number of anilines is 1. The predicted molar refractivity (Wildman–Crippen MR) is 98.7 cm³/mol. The van der Waals surface area contributed by atoms with Crippen molar-refractivity contribution in [3.63, 3.8) is 0 Å². The van der Waals surface area contributed by atoms with Crippen molar-refractivity contribution in [3.05, 3.63) is 24.3 Å². The molecule has 1 heterocycles. The highest BCUT2D eigenvalue weighted by molar-refractivity contribution is 5.93. The molecule has 0 bridgehead atoms. The highest BCUT2D eigenvalue weighted by Crippen LogP contribution is 2.23. The summed E-state index contributed by atoms with van der Waals surface area (Å²) < 4.78 is 5.26. The molecule has 0 spiro atoms. The molecule has 6 nitrogen and oxygen atoms in total. The smallest absolute Gasteiger partial charge is 0.238 e. The van der Waals surface area contributed by atoms with Crippen LogP contribution in [-0.2, 0) is 9.59 Å². The van der Waals surface area contributed by atoms with Crippen molar-refractivity contribution >= 4 is 17.5 Å². The van der Waals surface area contributed by atoms with Crippen LogP contribution in [0.15, 0.2) is 24.3 Å². The Balaban J connectivity index is 1.89. The maximum Gasteiger partial charge on any atom is 0.238 e. The monoisotopic (exact) mass is 347 g/mol. The first-order chi connectivity index (χ1) is 11.8. The Morgan fingerprint density at radius 1 is 1.12 bits per heavy atom. The van der Waals surface area contributed by atoms with E-state index in [4.69, 9.17) is 4.74 Å². The average Bonchev–Trinajstić information content (AvgIpc) is 2.79. The summed E-state index contributed by atoms with van der Waals surface area (Å²) in [5, 5.41) is 2.90. The third-order valence-electron chi connectivity index (χ3n) is 4.27. The standard InChI is InChI=1S/C19H29N3O3/c1-19(2,3)18(24)22-11-7-10-21(12-13-22)14-17(23)20-15-8-5-6-9-16(15)25-4/h5-6,8-9H,7,10-14H2,1-4H3,(H,20,23). The number of rotatable bonds is 4. The van der Waals surface area contributed by atoms with Crippen LogP contribution < -0.4 is 10.1 Å². The van der Waals surface area contributed by atoms with Crippen molar-refractivity contribution in [2.24, 2.45) is 5.41 Å². The topological polar surface area (TPSA) is 61.9 Å². The second kappa shape index (κ2) is 8.34. The minimum absolute atomic E-state index is 0.0694. The first kappa shape index (κ1) is 19.2. The summed E-state index contributed by atoms with van der Waals surface area (Å²) in [5.74, 6) is 0.751. The maximum atomic E-state index is 12.4. The fraction of sp³-hybridized carbons (Fsp3) is 0.579. The zero-order valence-electron chi connectivity index (χ0n) is 15.7. The number of carbonyl (C=O) groups excluding carboxylic acids is 2. The van der Waals surface area contributed by atoms with Crippen molar-refractivity contribution in [2.45, 2.75) is 27.2 Å². The predicted octanol–water partition coefficient (Wildman–Crippen LogP) is 2.21. The molecular weight excluding hydrogens is 318 g/mol. The SMILES string of the molecule is COc1ccccc1NC(=O)CN1CCCN(C(=O)C(C)(C)C)CC1. The van der Waals surface area contributed by atoms with Crippen LogP contribution in [0, 0.1) is 5.41 Å². The summed E-state index contributed by atoms with van der Waals surface area (Å²) in [5.41, 5.74) is 0.311. The number of nitrogens with zero attached hydrogens (tertiary/aromatic N) is 2. The Morgan fingerprint density at radius 2 is 1.84 bits per heavy atom. The van der Waals surface area contributed by atoms with Gasteiger partial charge in [0.05, 0.1) is 19.3 Å². The van der Waals surface area contributed by atoms with Crippen LogP contribution in [0.3, 0.4) is 0 Å². The van der Waals surface area contributed by atoms with Gasteiger partial charge in [-0.3, -0.25) is 14.5 Å². The van der Waals surface area contributed by atoms with Gasteiger partial charge in [-0.15, -0.1) is 0 Å². The van der Waals surface area contributed by atoms with Crippen molar-refractivity contribution in [3.8, 4) is 5.75 Å². The number of carbonyl (C=O) groups is 2. The van der Waals surface area contributed by atoms with Crippen LogP contribution in [0.2, 0.25) is 0 Å². The van der Waals surface area contributed by atoms with Crippen LogP contribution in [-0.4, -0.2) is 61.4 Å². The second-order valence-electron chi connectivity index (χ2n) is 7.42. The zero-order chi connectivity index (χ0) is 18.4. The van der Waals surface area contributed by atoms with E-state index in [0.29, 0.717) is 31.1 Å². The van der Waals surface area contributed by atoms with Crippen molar-refractivity contribution in [1.82, 2.24) is 9.80 Å². The molecule has 6 heteroatoms. The molecule has 138 valence electrons. The van der Waals surface area contributed by atoms with Gasteiger partial charge in [-0.25, -0.2) is 0 Å². The van der Waals surface area contributed by atoms with Crippen molar-refractivity contribution in [1.29, 1.82) is 0 Å². The van der Waals surface area contributed by atoms with Crippen LogP contribution in [0.1, 0.15) is 27.2 Å². The summed E-state index contributed by atoms with van der Waals surface area (Å²) in [4.78, 5) is 28.8. The lowest BCUT2D eigenvalue weighted by atomic mass is 9.94. The molecule has 1 aliphatic heterocycles. The summed E-state index contributed by atoms with van der Waals surface area (Å²) in [7, 11) is 1.58. The molecule has 2 amide bonds. The van der Waals surface area contributed by atoms with Crippen molar-refractivity contribution in [2.75, 3.05) is 45.2 Å². The van der Waals surface area contributed by atoms with E-state index in [1.807, 2.05) is 49.9 Å². The van der Waals surface area contributed by atoms with Gasteiger partial charge in [0, 0.05) is 31.6 Å². The number of ether oxygens (including phenoxy) is 1. The van der Waals surface area contributed by atoms with E-state index in [1.165, 1.54) is 0 Å². The average molecular weight is 347 g/mol. The molecule has 1 aromatic rings. The normalized spacial score (nSPS) is 16.2. The van der Waals surface area contributed by atoms with Gasteiger partial charge in [0.25, 0.3) is 0 Å². The van der Waals surface area contributed by atoms with Crippen LogP contribution in [0.25, 0.3) is 0 Å². The van der Waals surface area contributed by atoms with Crippen LogP contribution in [0.4, 0.5) is 5.69 Å². The summed E-state index contributed by atoms with van der Waals surface area (Å²) in [6, 6.07) is 7.37. The molecule has 0 radical (unpaired) electrons. The highest BCUT2D eigenvalue weighted by atomic mass is 16.5. The quantitative estimate of drug-likeness (QED) is 0.907. The summed E-state index contributed by atoms with van der Waals surface area (Å²) in [6.07, 6.45) is 0.879. The van der Waals surface area contributed by atoms with E-state index in [-0.39, 0.29) is 17.2 Å². The maximum absolute atomic E-state index is 12.4. The molecule has 1 aliphatic rings. The number of benzene rings is 1. The van der Waals surface area contributed by atoms with Gasteiger partial charge < -0.3 is 15.0 Å². The van der Waals surface area contributed by atoms with Crippen molar-refractivity contribution < 1.29 is 14.3 Å². The summed E-state index contributed by atoms with van der Waals surface area (Å²) >= 11 is 0. The minimum atomic E-state index is -0.365. The lowest BCUT2D eigenvalue weighted by Crippen LogP contribution is -2.42. The molecule has 2 rings (SSSR count). The molecule has 1 fully saturated rings. The Kier molecular flexibility index (Phi) is 6.42. The van der Waals surface area contributed by atoms with E-state index >= 15 is 0 Å². The molecule has 0 saturated carbocycles.